The summed E-state index contributed by atoms with van der Waals surface area (Å²) in [7, 11) is 0. The number of rotatable bonds is 4. The second-order valence-electron chi connectivity index (χ2n) is 3.11. The first-order valence-electron chi connectivity index (χ1n) is 5.14. The zero-order valence-corrected chi connectivity index (χ0v) is 10.2. The van der Waals surface area contributed by atoms with Gasteiger partial charge in [-0.25, -0.2) is 0 Å². The molecule has 0 fully saturated rings. The molecular formula is C12H14ClN3. The lowest BCUT2D eigenvalue weighted by molar-refractivity contribution is 0.300. The molecule has 0 unspecified atom stereocenters. The first kappa shape index (κ1) is 12.5. The van der Waals surface area contributed by atoms with Crippen molar-refractivity contribution in [2.45, 2.75) is 13.8 Å². The smallest absolute Gasteiger partial charge is 0.105 e. The van der Waals surface area contributed by atoms with E-state index in [4.69, 9.17) is 18.0 Å². The van der Waals surface area contributed by atoms with Crippen LogP contribution in [0.2, 0.25) is 5.02 Å². The lowest BCUT2D eigenvalue weighted by atomic mass is 10.2. The molecule has 3 nitrogen and oxygen atoms in total. The van der Waals surface area contributed by atoms with E-state index in [1.54, 1.807) is 18.2 Å². The summed E-state index contributed by atoms with van der Waals surface area (Å²) in [6.45, 7) is 5.66. The number of terminal acetylenes is 1. The van der Waals surface area contributed by atoms with Crippen LogP contribution >= 0.6 is 11.6 Å². The van der Waals surface area contributed by atoms with Gasteiger partial charge in [-0.3, -0.25) is 5.01 Å². The average molecular weight is 236 g/mol. The van der Waals surface area contributed by atoms with Crippen molar-refractivity contribution >= 4 is 17.3 Å². The molecule has 0 N–H and O–H groups in total. The first-order valence-corrected chi connectivity index (χ1v) is 5.52. The molecule has 0 aliphatic carbocycles. The highest BCUT2D eigenvalue weighted by Gasteiger charge is 2.03. The maximum atomic E-state index is 5.95. The van der Waals surface area contributed by atoms with Gasteiger partial charge in [-0.15, -0.1) is 11.5 Å². The predicted octanol–water partition coefficient (Wildman–Crippen LogP) is 3.66. The molecule has 0 radical (unpaired) electrons. The minimum Gasteiger partial charge on any atom is -0.279 e. The fourth-order valence-electron chi connectivity index (χ4n) is 1.20. The third-order valence-corrected chi connectivity index (χ3v) is 2.46. The van der Waals surface area contributed by atoms with E-state index < -0.39 is 0 Å². The Bertz CT molecular complexity index is 417. The van der Waals surface area contributed by atoms with E-state index in [1.165, 1.54) is 0 Å². The Hall–Kier alpha value is -1.53. The fourth-order valence-corrected chi connectivity index (χ4v) is 1.42. The molecule has 0 saturated carbocycles. The summed E-state index contributed by atoms with van der Waals surface area (Å²) >= 11 is 5.95. The van der Waals surface area contributed by atoms with Gasteiger partial charge in [0.2, 0.25) is 0 Å². The lowest BCUT2D eigenvalue weighted by Crippen LogP contribution is -2.14. The van der Waals surface area contributed by atoms with E-state index in [2.05, 4.69) is 16.3 Å². The van der Waals surface area contributed by atoms with Gasteiger partial charge in [0.1, 0.15) is 5.69 Å². The molecule has 1 rings (SSSR count). The van der Waals surface area contributed by atoms with Gasteiger partial charge >= 0.3 is 0 Å². The fraction of sp³-hybridized carbons (Fsp3) is 0.333. The maximum Gasteiger partial charge on any atom is 0.105 e. The normalized spacial score (nSPS) is 10.4. The zero-order valence-electron chi connectivity index (χ0n) is 9.44. The lowest BCUT2D eigenvalue weighted by Gasteiger charge is -2.11. The Morgan fingerprint density at radius 3 is 2.62 bits per heavy atom. The van der Waals surface area contributed by atoms with Crippen LogP contribution in [-0.4, -0.2) is 18.1 Å². The summed E-state index contributed by atoms with van der Waals surface area (Å²) in [4.78, 5) is 0. The molecule has 0 heterocycles. The van der Waals surface area contributed by atoms with Crippen molar-refractivity contribution in [2.75, 3.05) is 13.1 Å². The van der Waals surface area contributed by atoms with Crippen LogP contribution in [0.15, 0.2) is 28.5 Å². The van der Waals surface area contributed by atoms with E-state index in [1.807, 2.05) is 18.9 Å². The molecule has 1 aromatic carbocycles. The minimum absolute atomic E-state index is 0.526. The second kappa shape index (κ2) is 6.14. The van der Waals surface area contributed by atoms with E-state index in [-0.39, 0.29) is 0 Å². The zero-order chi connectivity index (χ0) is 12.0. The van der Waals surface area contributed by atoms with Crippen molar-refractivity contribution in [2.24, 2.45) is 10.3 Å². The van der Waals surface area contributed by atoms with E-state index in [0.717, 1.165) is 13.1 Å². The number of halogens is 1. The molecule has 84 valence electrons. The second-order valence-corrected chi connectivity index (χ2v) is 3.51. The predicted molar refractivity (Wildman–Crippen MR) is 66.8 cm³/mol. The Labute approximate surface area is 101 Å². The number of benzene rings is 1. The SMILES string of the molecule is C#Cc1c(Cl)cccc1/N=N/N(CC)CC. The molecule has 0 aromatic heterocycles. The van der Waals surface area contributed by atoms with Crippen LogP contribution in [0.25, 0.3) is 0 Å². The van der Waals surface area contributed by atoms with Gasteiger partial charge in [-0.1, -0.05) is 28.8 Å². The number of nitrogens with zero attached hydrogens (tertiary/aromatic N) is 3. The molecule has 0 atom stereocenters. The van der Waals surface area contributed by atoms with Gasteiger partial charge in [0, 0.05) is 13.1 Å². The molecule has 0 bridgehead atoms. The first-order chi connectivity index (χ1) is 7.72. The third kappa shape index (κ3) is 2.98. The van der Waals surface area contributed by atoms with Crippen LogP contribution < -0.4 is 0 Å². The van der Waals surface area contributed by atoms with Crippen molar-refractivity contribution in [3.05, 3.63) is 28.8 Å². The third-order valence-electron chi connectivity index (χ3n) is 2.14. The maximum absolute atomic E-state index is 5.95. The molecule has 16 heavy (non-hydrogen) atoms. The topological polar surface area (TPSA) is 28.0 Å². The van der Waals surface area contributed by atoms with Gasteiger partial charge < -0.3 is 0 Å². The standard InChI is InChI=1S/C12H14ClN3/c1-4-10-11(13)8-7-9-12(10)14-15-16(5-2)6-3/h1,7-9H,5-6H2,2-3H3/b15-14+. The van der Waals surface area contributed by atoms with E-state index >= 15 is 0 Å². The number of hydrogen-bond donors (Lipinski definition) is 0. The molecule has 0 saturated heterocycles. The monoisotopic (exact) mass is 235 g/mol. The van der Waals surface area contributed by atoms with Crippen molar-refractivity contribution in [1.82, 2.24) is 5.01 Å². The number of hydrogen-bond acceptors (Lipinski definition) is 2. The molecule has 0 aliphatic rings. The molecule has 0 aliphatic heterocycles. The van der Waals surface area contributed by atoms with Gasteiger partial charge in [0.15, 0.2) is 0 Å². The van der Waals surface area contributed by atoms with Crippen LogP contribution in [0.1, 0.15) is 19.4 Å². The molecule has 0 amide bonds. The molecule has 1 aromatic rings. The highest BCUT2D eigenvalue weighted by atomic mass is 35.5. The van der Waals surface area contributed by atoms with Crippen molar-refractivity contribution < 1.29 is 0 Å². The Morgan fingerprint density at radius 1 is 1.38 bits per heavy atom. The van der Waals surface area contributed by atoms with E-state index in [0.29, 0.717) is 16.3 Å². The van der Waals surface area contributed by atoms with Crippen LogP contribution in [0.5, 0.6) is 0 Å². The van der Waals surface area contributed by atoms with Gasteiger partial charge in [-0.05, 0) is 26.0 Å². The summed E-state index contributed by atoms with van der Waals surface area (Å²) in [5.74, 6) is 2.52. The van der Waals surface area contributed by atoms with Crippen LogP contribution in [0.4, 0.5) is 5.69 Å². The largest absolute Gasteiger partial charge is 0.279 e. The van der Waals surface area contributed by atoms with Gasteiger partial charge in [0.05, 0.1) is 10.6 Å². The quantitative estimate of drug-likeness (QED) is 0.445. The van der Waals surface area contributed by atoms with E-state index in [9.17, 15) is 0 Å². The highest BCUT2D eigenvalue weighted by Crippen LogP contribution is 2.25. The van der Waals surface area contributed by atoms with Crippen LogP contribution in [-0.2, 0) is 0 Å². The molecular weight excluding hydrogens is 222 g/mol. The highest BCUT2D eigenvalue weighted by molar-refractivity contribution is 6.32. The van der Waals surface area contributed by atoms with Crippen LogP contribution in [0, 0.1) is 12.3 Å². The molecule has 4 heteroatoms. The minimum atomic E-state index is 0.526. The average Bonchev–Trinajstić information content (AvgIpc) is 2.30. The van der Waals surface area contributed by atoms with Gasteiger partial charge in [0.25, 0.3) is 0 Å². The van der Waals surface area contributed by atoms with Gasteiger partial charge in [-0.2, -0.15) is 0 Å². The van der Waals surface area contributed by atoms with Crippen molar-refractivity contribution in [3.8, 4) is 12.3 Å². The summed E-state index contributed by atoms with van der Waals surface area (Å²) in [5, 5.41) is 10.5. The Balaban J connectivity index is 2.98. The van der Waals surface area contributed by atoms with Crippen LogP contribution in [0.3, 0.4) is 0 Å². The van der Waals surface area contributed by atoms with Crippen molar-refractivity contribution in [3.63, 3.8) is 0 Å². The Kier molecular flexibility index (Phi) is 4.81. The summed E-state index contributed by atoms with van der Waals surface area (Å²) in [6.07, 6.45) is 5.37. The summed E-state index contributed by atoms with van der Waals surface area (Å²) in [6, 6.07) is 5.35. The summed E-state index contributed by atoms with van der Waals surface area (Å²) < 4.78 is 0. The summed E-state index contributed by atoms with van der Waals surface area (Å²) in [5.41, 5.74) is 1.21. The van der Waals surface area contributed by atoms with Crippen molar-refractivity contribution in [1.29, 1.82) is 0 Å². The Morgan fingerprint density at radius 2 is 2.06 bits per heavy atom. The molecule has 0 spiro atoms.